The number of hydrogen-bond acceptors (Lipinski definition) is 9. The summed E-state index contributed by atoms with van der Waals surface area (Å²) in [7, 11) is 2.74. The average Bonchev–Trinajstić information content (AvgIpc) is 3.36. The van der Waals surface area contributed by atoms with Crippen molar-refractivity contribution in [1.82, 2.24) is 24.8 Å². The number of pyridine rings is 1. The molecule has 0 aliphatic heterocycles. The Morgan fingerprint density at radius 3 is 2.41 bits per heavy atom. The fraction of sp³-hybridized carbons (Fsp3) is 0.0800. The number of nitrogens with one attached hydrogen (secondary N) is 1. The van der Waals surface area contributed by atoms with Crippen LogP contribution in [0.4, 0.5) is 11.4 Å². The Labute approximate surface area is 209 Å². The van der Waals surface area contributed by atoms with Crippen LogP contribution in [-0.2, 0) is 0 Å². The van der Waals surface area contributed by atoms with E-state index in [9.17, 15) is 14.9 Å². The zero-order valence-electron chi connectivity index (χ0n) is 19.7. The quantitative estimate of drug-likeness (QED) is 0.260. The van der Waals surface area contributed by atoms with E-state index in [1.165, 1.54) is 20.3 Å². The van der Waals surface area contributed by atoms with Gasteiger partial charge in [0.05, 0.1) is 30.9 Å². The Hall–Kier alpha value is -5.39. The van der Waals surface area contributed by atoms with Gasteiger partial charge in [-0.3, -0.25) is 19.9 Å². The molecule has 1 amide bonds. The fourth-order valence-corrected chi connectivity index (χ4v) is 3.74. The number of hydrogen-bond donors (Lipinski definition) is 1. The Morgan fingerprint density at radius 2 is 1.73 bits per heavy atom. The molecule has 5 aromatic rings. The van der Waals surface area contributed by atoms with Crippen molar-refractivity contribution in [3.05, 3.63) is 88.7 Å². The highest BCUT2D eigenvalue weighted by atomic mass is 16.6. The summed E-state index contributed by atoms with van der Waals surface area (Å²) < 4.78 is 11.9. The molecule has 0 saturated heterocycles. The molecule has 5 rings (SSSR count). The zero-order valence-corrected chi connectivity index (χ0v) is 19.7. The molecule has 0 aliphatic rings. The fourth-order valence-electron chi connectivity index (χ4n) is 3.74. The van der Waals surface area contributed by atoms with E-state index in [2.05, 4.69) is 25.6 Å². The molecular weight excluding hydrogens is 478 g/mol. The number of amides is 1. The molecule has 0 radical (unpaired) electrons. The van der Waals surface area contributed by atoms with Gasteiger partial charge in [0.2, 0.25) is 0 Å². The van der Waals surface area contributed by atoms with E-state index in [0.29, 0.717) is 22.9 Å². The third kappa shape index (κ3) is 4.50. The molecule has 0 fully saturated rings. The van der Waals surface area contributed by atoms with E-state index in [1.807, 2.05) is 18.2 Å². The maximum atomic E-state index is 12.9. The third-order valence-corrected chi connectivity index (χ3v) is 5.56. The number of benzene rings is 2. The molecule has 12 nitrogen and oxygen atoms in total. The first kappa shape index (κ1) is 23.4. The van der Waals surface area contributed by atoms with Crippen LogP contribution in [0.3, 0.4) is 0 Å². The third-order valence-electron chi connectivity index (χ3n) is 5.56. The second-order valence-corrected chi connectivity index (χ2v) is 7.77. The maximum Gasteiger partial charge on any atom is 0.286 e. The molecule has 184 valence electrons. The number of anilines is 1. The summed E-state index contributed by atoms with van der Waals surface area (Å²) >= 11 is 0. The molecule has 0 aliphatic carbocycles. The summed E-state index contributed by atoms with van der Waals surface area (Å²) in [6, 6.07) is 16.7. The van der Waals surface area contributed by atoms with Crippen molar-refractivity contribution in [3.63, 3.8) is 0 Å². The van der Waals surface area contributed by atoms with Crippen molar-refractivity contribution in [1.29, 1.82) is 0 Å². The van der Waals surface area contributed by atoms with Crippen LogP contribution in [0.5, 0.6) is 11.5 Å². The number of fused-ring (bicyclic) bond motifs is 1. The van der Waals surface area contributed by atoms with Crippen LogP contribution in [0.25, 0.3) is 28.3 Å². The SMILES string of the molecule is COc1cc(C(=O)Nc2ccc(-c3ccc4nnc(-c5cccnc5)n4n3)cc2)c([N+](=O)[O-])cc1OC. The molecule has 12 heteroatoms. The summed E-state index contributed by atoms with van der Waals surface area (Å²) in [6.45, 7) is 0. The van der Waals surface area contributed by atoms with Gasteiger partial charge >= 0.3 is 0 Å². The molecule has 3 heterocycles. The lowest BCUT2D eigenvalue weighted by atomic mass is 10.1. The van der Waals surface area contributed by atoms with Crippen LogP contribution in [0, 0.1) is 10.1 Å². The number of rotatable bonds is 7. The van der Waals surface area contributed by atoms with Gasteiger partial charge in [-0.2, -0.15) is 9.61 Å². The minimum absolute atomic E-state index is 0.152. The largest absolute Gasteiger partial charge is 0.493 e. The van der Waals surface area contributed by atoms with Crippen molar-refractivity contribution < 1.29 is 19.2 Å². The van der Waals surface area contributed by atoms with Gasteiger partial charge in [0.25, 0.3) is 11.6 Å². The number of nitro benzene ring substituents is 1. The van der Waals surface area contributed by atoms with Gasteiger partial charge in [0, 0.05) is 35.3 Å². The van der Waals surface area contributed by atoms with Crippen LogP contribution in [0.2, 0.25) is 0 Å². The van der Waals surface area contributed by atoms with Crippen LogP contribution in [0.1, 0.15) is 10.4 Å². The van der Waals surface area contributed by atoms with Gasteiger partial charge < -0.3 is 14.8 Å². The van der Waals surface area contributed by atoms with Gasteiger partial charge in [0.1, 0.15) is 5.56 Å². The minimum atomic E-state index is -0.662. The topological polar surface area (TPSA) is 147 Å². The molecule has 0 unspecified atom stereocenters. The highest BCUT2D eigenvalue weighted by Crippen LogP contribution is 2.35. The number of ether oxygens (including phenoxy) is 2. The van der Waals surface area contributed by atoms with Crippen molar-refractivity contribution in [2.45, 2.75) is 0 Å². The highest BCUT2D eigenvalue weighted by Gasteiger charge is 2.24. The molecule has 0 atom stereocenters. The smallest absolute Gasteiger partial charge is 0.286 e. The van der Waals surface area contributed by atoms with E-state index < -0.39 is 16.5 Å². The molecular formula is C25H19N7O5. The minimum Gasteiger partial charge on any atom is -0.493 e. The number of aromatic nitrogens is 5. The molecule has 0 bridgehead atoms. The number of nitrogens with zero attached hydrogens (tertiary/aromatic N) is 6. The van der Waals surface area contributed by atoms with Crippen LogP contribution < -0.4 is 14.8 Å². The molecule has 0 spiro atoms. The predicted molar refractivity (Wildman–Crippen MR) is 134 cm³/mol. The van der Waals surface area contributed by atoms with E-state index in [-0.39, 0.29) is 17.1 Å². The summed E-state index contributed by atoms with van der Waals surface area (Å²) in [4.78, 5) is 27.9. The van der Waals surface area contributed by atoms with Gasteiger partial charge in [-0.05, 0) is 36.4 Å². The van der Waals surface area contributed by atoms with Crippen LogP contribution in [-0.4, -0.2) is 49.8 Å². The Bertz CT molecular complexity index is 1620. The Kier molecular flexibility index (Phi) is 6.12. The van der Waals surface area contributed by atoms with E-state index >= 15 is 0 Å². The first-order valence-corrected chi connectivity index (χ1v) is 10.9. The monoisotopic (exact) mass is 497 g/mol. The standard InChI is InChI=1S/C25H19N7O5/c1-36-21-12-18(20(32(34)35)13-22(21)37-2)25(33)27-17-7-5-15(6-8-17)19-9-10-23-28-29-24(31(23)30-19)16-4-3-11-26-14-16/h3-14H,1-2H3,(H,27,33). The van der Waals surface area contributed by atoms with Crippen molar-refractivity contribution >= 4 is 22.9 Å². The Morgan fingerprint density at radius 1 is 0.973 bits per heavy atom. The molecule has 1 N–H and O–H groups in total. The van der Waals surface area contributed by atoms with Crippen molar-refractivity contribution in [3.8, 4) is 34.1 Å². The Balaban J connectivity index is 1.41. The second-order valence-electron chi connectivity index (χ2n) is 7.77. The van der Waals surface area contributed by atoms with Gasteiger partial charge in [0.15, 0.2) is 23.0 Å². The molecule has 3 aromatic heterocycles. The number of carbonyl (C=O) groups is 1. The second kappa shape index (κ2) is 9.70. The average molecular weight is 497 g/mol. The summed E-state index contributed by atoms with van der Waals surface area (Å²) in [5.41, 5.74) is 2.69. The maximum absolute atomic E-state index is 12.9. The van der Waals surface area contributed by atoms with Crippen molar-refractivity contribution in [2.75, 3.05) is 19.5 Å². The van der Waals surface area contributed by atoms with E-state index in [1.54, 1.807) is 47.2 Å². The van der Waals surface area contributed by atoms with Crippen LogP contribution in [0.15, 0.2) is 73.1 Å². The lowest BCUT2D eigenvalue weighted by Crippen LogP contribution is -2.14. The first-order valence-electron chi connectivity index (χ1n) is 10.9. The first-order chi connectivity index (χ1) is 18.0. The van der Waals surface area contributed by atoms with Gasteiger partial charge in [-0.15, -0.1) is 10.2 Å². The normalized spacial score (nSPS) is 10.8. The molecule has 37 heavy (non-hydrogen) atoms. The van der Waals surface area contributed by atoms with Gasteiger partial charge in [-0.1, -0.05) is 12.1 Å². The van der Waals surface area contributed by atoms with E-state index in [0.717, 1.165) is 17.2 Å². The lowest BCUT2D eigenvalue weighted by Gasteiger charge is -2.11. The van der Waals surface area contributed by atoms with Crippen molar-refractivity contribution in [2.24, 2.45) is 0 Å². The highest BCUT2D eigenvalue weighted by molar-refractivity contribution is 6.07. The summed E-state index contributed by atoms with van der Waals surface area (Å²) in [6.07, 6.45) is 3.36. The summed E-state index contributed by atoms with van der Waals surface area (Å²) in [5, 5.41) is 27.3. The summed E-state index contributed by atoms with van der Waals surface area (Å²) in [5.74, 6) is 0.255. The molecule has 2 aromatic carbocycles. The predicted octanol–water partition coefficient (Wildman–Crippen LogP) is 4.03. The number of methoxy groups -OCH3 is 2. The molecule has 0 saturated carbocycles. The van der Waals surface area contributed by atoms with Crippen LogP contribution >= 0.6 is 0 Å². The van der Waals surface area contributed by atoms with E-state index in [4.69, 9.17) is 9.47 Å². The van der Waals surface area contributed by atoms with Gasteiger partial charge in [-0.25, -0.2) is 0 Å². The number of nitro groups is 1. The number of carbonyl (C=O) groups excluding carboxylic acids is 1. The zero-order chi connectivity index (χ0) is 25.9. The lowest BCUT2D eigenvalue weighted by molar-refractivity contribution is -0.385.